The molecule has 0 fully saturated rings. The molecule has 0 atom stereocenters. The fourth-order valence-electron chi connectivity index (χ4n) is 7.66. The van der Waals surface area contributed by atoms with Gasteiger partial charge in [-0.1, -0.05) is 60.7 Å². The summed E-state index contributed by atoms with van der Waals surface area (Å²) in [5.74, 6) is -0.331. The molecule has 0 unspecified atom stereocenters. The molecule has 0 aliphatic carbocycles. The monoisotopic (exact) mass is 701 g/mol. The van der Waals surface area contributed by atoms with Crippen LogP contribution in [0.25, 0.3) is 88.9 Å². The van der Waals surface area contributed by atoms with Crippen molar-refractivity contribution in [2.75, 3.05) is 0 Å². The first-order valence-electron chi connectivity index (χ1n) is 17.2. The third-order valence-corrected chi connectivity index (χ3v) is 9.85. The highest BCUT2D eigenvalue weighted by molar-refractivity contribution is 6.13. The summed E-state index contributed by atoms with van der Waals surface area (Å²) < 4.78 is 34.9. The Morgan fingerprint density at radius 3 is 1.35 bits per heavy atom. The van der Waals surface area contributed by atoms with Crippen LogP contribution in [0.2, 0.25) is 0 Å². The van der Waals surface area contributed by atoms with Crippen molar-refractivity contribution < 1.29 is 8.78 Å². The Balaban J connectivity index is 1.38. The highest BCUT2D eigenvalue weighted by Crippen LogP contribution is 2.44. The average molecular weight is 702 g/mol. The topological polar surface area (TPSA) is 85.2 Å². The SMILES string of the molecule is N#Cc1cc(-n2c3ccccc3c3ccc(-c4ncccn4)cc32)c(-c2cc(F)cc(F)c2)c(-n2c3ccccc3c3ccc(-c4ncccn4)cc32)c1. The van der Waals surface area contributed by atoms with Crippen molar-refractivity contribution in [1.82, 2.24) is 29.1 Å². The minimum Gasteiger partial charge on any atom is -0.308 e. The number of hydrogen-bond donors (Lipinski definition) is 0. The zero-order valence-corrected chi connectivity index (χ0v) is 28.3. The molecule has 0 saturated carbocycles. The van der Waals surface area contributed by atoms with Gasteiger partial charge in [0.1, 0.15) is 11.6 Å². The van der Waals surface area contributed by atoms with Crippen LogP contribution in [0, 0.1) is 23.0 Å². The van der Waals surface area contributed by atoms with Gasteiger partial charge in [0.25, 0.3) is 0 Å². The summed E-state index contributed by atoms with van der Waals surface area (Å²) in [6.07, 6.45) is 6.79. The molecule has 0 amide bonds. The van der Waals surface area contributed by atoms with E-state index in [1.54, 1.807) is 49.1 Å². The van der Waals surface area contributed by atoms with Gasteiger partial charge in [0.05, 0.1) is 45.1 Å². The number of nitriles is 1. The Kier molecular flexibility index (Phi) is 7.10. The van der Waals surface area contributed by atoms with Crippen molar-refractivity contribution in [1.29, 1.82) is 5.26 Å². The van der Waals surface area contributed by atoms with Gasteiger partial charge >= 0.3 is 0 Å². The van der Waals surface area contributed by atoms with E-state index in [0.29, 0.717) is 39.7 Å². The lowest BCUT2D eigenvalue weighted by molar-refractivity contribution is 0.584. The molecule has 54 heavy (non-hydrogen) atoms. The molecule has 7 nitrogen and oxygen atoms in total. The van der Waals surface area contributed by atoms with Crippen molar-refractivity contribution in [2.45, 2.75) is 0 Å². The summed E-state index contributed by atoms with van der Waals surface area (Å²) in [6.45, 7) is 0. The Morgan fingerprint density at radius 1 is 0.444 bits per heavy atom. The van der Waals surface area contributed by atoms with E-state index >= 15 is 8.78 Å². The fraction of sp³-hybridized carbons (Fsp3) is 0. The zero-order chi connectivity index (χ0) is 36.3. The first kappa shape index (κ1) is 31.2. The van der Waals surface area contributed by atoms with E-state index in [1.807, 2.05) is 84.9 Å². The van der Waals surface area contributed by atoms with Gasteiger partial charge in [-0.3, -0.25) is 0 Å². The Morgan fingerprint density at radius 2 is 0.889 bits per heavy atom. The minimum absolute atomic E-state index is 0.309. The summed E-state index contributed by atoms with van der Waals surface area (Å²) in [5.41, 5.74) is 7.25. The number of nitrogens with zero attached hydrogens (tertiary/aromatic N) is 7. The lowest BCUT2D eigenvalue weighted by atomic mass is 9.97. The second-order valence-electron chi connectivity index (χ2n) is 13.0. The van der Waals surface area contributed by atoms with E-state index in [2.05, 4.69) is 35.1 Å². The number of hydrogen-bond acceptors (Lipinski definition) is 5. The van der Waals surface area contributed by atoms with Crippen LogP contribution in [0.4, 0.5) is 8.78 Å². The molecule has 9 heteroatoms. The molecule has 0 radical (unpaired) electrons. The normalized spacial score (nSPS) is 11.5. The van der Waals surface area contributed by atoms with Gasteiger partial charge in [-0.25, -0.2) is 28.7 Å². The van der Waals surface area contributed by atoms with E-state index in [1.165, 1.54) is 12.1 Å². The van der Waals surface area contributed by atoms with E-state index in [4.69, 9.17) is 0 Å². The maximum Gasteiger partial charge on any atom is 0.159 e. The lowest BCUT2D eigenvalue weighted by Gasteiger charge is -2.21. The molecule has 10 aromatic rings. The Hall–Kier alpha value is -7.57. The molecule has 0 N–H and O–H groups in total. The molecule has 10 rings (SSSR count). The number of para-hydroxylation sites is 2. The number of benzene rings is 6. The van der Waals surface area contributed by atoms with Crippen LogP contribution in [0.1, 0.15) is 5.56 Å². The molecule has 0 spiro atoms. The van der Waals surface area contributed by atoms with Crippen molar-refractivity contribution in [3.63, 3.8) is 0 Å². The minimum atomic E-state index is -0.720. The second kappa shape index (κ2) is 12.3. The van der Waals surface area contributed by atoms with E-state index in [-0.39, 0.29) is 0 Å². The van der Waals surface area contributed by atoms with Gasteiger partial charge in [-0.2, -0.15) is 5.26 Å². The maximum atomic E-state index is 15.4. The molecule has 4 heterocycles. The Labute approximate surface area is 306 Å². The largest absolute Gasteiger partial charge is 0.308 e. The molecule has 254 valence electrons. The predicted molar refractivity (Wildman–Crippen MR) is 207 cm³/mol. The molecule has 0 saturated heterocycles. The standard InChI is InChI=1S/C45H25F2N7/c46-31-21-30(22-32(47)25-31)43-41(53-37-9-3-1-7-33(37)35-13-11-28(23-39(35)53)44-49-15-5-16-50-44)19-27(26-48)20-42(43)54-38-10-4-2-8-34(38)36-14-12-29(24-40(36)54)45-51-17-6-18-52-45/h1-25H. The number of aromatic nitrogens is 6. The summed E-state index contributed by atoms with van der Waals surface area (Å²) >= 11 is 0. The van der Waals surface area contributed by atoms with Crippen LogP contribution in [-0.2, 0) is 0 Å². The average Bonchev–Trinajstić information content (AvgIpc) is 3.72. The van der Waals surface area contributed by atoms with Gasteiger partial charge in [0.15, 0.2) is 11.6 Å². The zero-order valence-electron chi connectivity index (χ0n) is 28.3. The van der Waals surface area contributed by atoms with Gasteiger partial charge in [0.2, 0.25) is 0 Å². The Bertz CT molecular complexity index is 2950. The van der Waals surface area contributed by atoms with Crippen molar-refractivity contribution in [3.8, 4) is 51.3 Å². The number of rotatable bonds is 5. The highest BCUT2D eigenvalue weighted by atomic mass is 19.1. The molecule has 6 aromatic carbocycles. The van der Waals surface area contributed by atoms with Crippen molar-refractivity contribution in [3.05, 3.63) is 169 Å². The first-order valence-corrected chi connectivity index (χ1v) is 17.2. The lowest BCUT2D eigenvalue weighted by Crippen LogP contribution is -2.05. The quantitative estimate of drug-likeness (QED) is 0.178. The third kappa shape index (κ3) is 4.93. The first-order chi connectivity index (χ1) is 26.6. The van der Waals surface area contributed by atoms with Gasteiger partial charge < -0.3 is 9.13 Å². The van der Waals surface area contributed by atoms with Crippen LogP contribution in [0.15, 0.2) is 152 Å². The van der Waals surface area contributed by atoms with Crippen LogP contribution >= 0.6 is 0 Å². The highest BCUT2D eigenvalue weighted by Gasteiger charge is 2.24. The summed E-state index contributed by atoms with van der Waals surface area (Å²) in [7, 11) is 0. The van der Waals surface area contributed by atoms with E-state index < -0.39 is 11.6 Å². The number of fused-ring (bicyclic) bond motifs is 6. The predicted octanol–water partition coefficient (Wildman–Crippen LogP) is 10.6. The summed E-state index contributed by atoms with van der Waals surface area (Å²) in [6, 6.07) is 41.1. The van der Waals surface area contributed by atoms with Gasteiger partial charge in [-0.05, 0) is 66.2 Å². The molecule has 0 bridgehead atoms. The molecular weight excluding hydrogens is 677 g/mol. The van der Waals surface area contributed by atoms with Crippen molar-refractivity contribution in [2.24, 2.45) is 0 Å². The van der Waals surface area contributed by atoms with Gasteiger partial charge in [-0.15, -0.1) is 0 Å². The molecule has 0 aliphatic heterocycles. The van der Waals surface area contributed by atoms with Crippen LogP contribution in [0.3, 0.4) is 0 Å². The molecule has 0 aliphatic rings. The van der Waals surface area contributed by atoms with Crippen LogP contribution < -0.4 is 0 Å². The van der Waals surface area contributed by atoms with E-state index in [0.717, 1.165) is 60.8 Å². The summed E-state index contributed by atoms with van der Waals surface area (Å²) in [4.78, 5) is 18.0. The second-order valence-corrected chi connectivity index (χ2v) is 13.0. The molecular formula is C45H25F2N7. The smallest absolute Gasteiger partial charge is 0.159 e. The third-order valence-electron chi connectivity index (χ3n) is 9.85. The van der Waals surface area contributed by atoms with Crippen molar-refractivity contribution >= 4 is 43.6 Å². The van der Waals surface area contributed by atoms with Gasteiger partial charge in [0, 0.05) is 69.1 Å². The molecule has 4 aromatic heterocycles. The maximum absolute atomic E-state index is 15.4. The van der Waals surface area contributed by atoms with E-state index in [9.17, 15) is 5.26 Å². The fourth-order valence-corrected chi connectivity index (χ4v) is 7.66. The number of halogens is 2. The summed E-state index contributed by atoms with van der Waals surface area (Å²) in [5, 5.41) is 14.5. The van der Waals surface area contributed by atoms with Crippen LogP contribution in [-0.4, -0.2) is 29.1 Å². The van der Waals surface area contributed by atoms with Crippen LogP contribution in [0.5, 0.6) is 0 Å².